The number of amides is 1. The summed E-state index contributed by atoms with van der Waals surface area (Å²) in [7, 11) is 0. The Kier molecular flexibility index (Phi) is 7.05. The fourth-order valence-electron chi connectivity index (χ4n) is 3.72. The molecule has 0 saturated heterocycles. The van der Waals surface area contributed by atoms with E-state index in [1.165, 1.54) is 29.3 Å². The van der Waals surface area contributed by atoms with E-state index in [1.54, 1.807) is 0 Å². The number of thioether (sulfide) groups is 1. The average Bonchev–Trinajstić information content (AvgIpc) is 3.06. The van der Waals surface area contributed by atoms with Crippen molar-refractivity contribution in [2.75, 3.05) is 12.4 Å². The molecule has 8 heteroatoms. The van der Waals surface area contributed by atoms with Gasteiger partial charge in [0.2, 0.25) is 11.1 Å². The Bertz CT molecular complexity index is 823. The minimum atomic E-state index is -0.306. The highest BCUT2D eigenvalue weighted by Crippen LogP contribution is 2.30. The van der Waals surface area contributed by atoms with Crippen LogP contribution in [0.25, 0.3) is 11.4 Å². The van der Waals surface area contributed by atoms with Crippen LogP contribution in [0.3, 0.4) is 0 Å². The van der Waals surface area contributed by atoms with Crippen LogP contribution in [0.5, 0.6) is 5.75 Å². The SMILES string of the molecule is CCOc1ccc(-c2nnc(S[C@H](C)C(=O)N[C@H]3CCC[C@H](C)[C@@H]3C)n2N)cc1. The first kappa shape index (κ1) is 21.5. The number of carbonyl (C=O) groups excluding carboxylic acids is 1. The Balaban J connectivity index is 1.63. The molecule has 2 aromatic rings. The van der Waals surface area contributed by atoms with Crippen molar-refractivity contribution in [2.24, 2.45) is 11.8 Å². The summed E-state index contributed by atoms with van der Waals surface area (Å²) in [5.74, 6) is 8.72. The molecule has 0 unspecified atom stereocenters. The lowest BCUT2D eigenvalue weighted by atomic mass is 9.78. The van der Waals surface area contributed by atoms with E-state index in [-0.39, 0.29) is 17.2 Å². The van der Waals surface area contributed by atoms with Crippen molar-refractivity contribution in [2.45, 2.75) is 63.4 Å². The zero-order valence-corrected chi connectivity index (χ0v) is 18.4. The minimum Gasteiger partial charge on any atom is -0.494 e. The maximum Gasteiger partial charge on any atom is 0.233 e. The fraction of sp³-hybridized carbons (Fsp3) is 0.571. The van der Waals surface area contributed by atoms with Gasteiger partial charge in [0.25, 0.3) is 0 Å². The van der Waals surface area contributed by atoms with E-state index in [4.69, 9.17) is 10.6 Å². The van der Waals surface area contributed by atoms with Crippen molar-refractivity contribution in [3.63, 3.8) is 0 Å². The highest BCUT2D eigenvalue weighted by molar-refractivity contribution is 8.00. The number of rotatable bonds is 7. The first-order valence-corrected chi connectivity index (χ1v) is 11.2. The molecule has 1 amide bonds. The summed E-state index contributed by atoms with van der Waals surface area (Å²) in [5, 5.41) is 11.8. The van der Waals surface area contributed by atoms with Crippen LogP contribution in [-0.4, -0.2) is 38.7 Å². The van der Waals surface area contributed by atoms with Gasteiger partial charge in [0.05, 0.1) is 11.9 Å². The molecule has 1 fully saturated rings. The lowest BCUT2D eigenvalue weighted by Gasteiger charge is -2.35. The van der Waals surface area contributed by atoms with Gasteiger partial charge in [-0.05, 0) is 56.4 Å². The molecule has 1 saturated carbocycles. The molecule has 1 aliphatic rings. The first-order valence-electron chi connectivity index (χ1n) is 10.3. The summed E-state index contributed by atoms with van der Waals surface area (Å²) in [4.78, 5) is 12.7. The lowest BCUT2D eigenvalue weighted by molar-refractivity contribution is -0.121. The van der Waals surface area contributed by atoms with Gasteiger partial charge in [-0.1, -0.05) is 38.5 Å². The molecule has 3 rings (SSSR count). The quantitative estimate of drug-likeness (QED) is 0.529. The molecular weight excluding hydrogens is 386 g/mol. The molecule has 0 spiro atoms. The number of nitrogens with one attached hydrogen (secondary N) is 1. The van der Waals surface area contributed by atoms with Crippen LogP contribution in [0, 0.1) is 11.8 Å². The number of ether oxygens (including phenoxy) is 1. The number of aromatic nitrogens is 3. The van der Waals surface area contributed by atoms with Gasteiger partial charge in [-0.3, -0.25) is 4.79 Å². The normalized spacial score (nSPS) is 22.8. The van der Waals surface area contributed by atoms with Crippen molar-refractivity contribution >= 4 is 17.7 Å². The smallest absolute Gasteiger partial charge is 0.233 e. The number of nitrogens with zero attached hydrogens (tertiary/aromatic N) is 3. The van der Waals surface area contributed by atoms with E-state index in [0.29, 0.717) is 29.4 Å². The Morgan fingerprint density at radius 2 is 2.03 bits per heavy atom. The molecular formula is C21H31N5O2S. The summed E-state index contributed by atoms with van der Waals surface area (Å²) in [6.45, 7) is 8.93. The Hall–Kier alpha value is -2.22. The van der Waals surface area contributed by atoms with Crippen LogP contribution in [0.1, 0.15) is 47.0 Å². The minimum absolute atomic E-state index is 0.0200. The maximum atomic E-state index is 12.7. The molecule has 158 valence electrons. The second kappa shape index (κ2) is 9.52. The molecule has 1 heterocycles. The van der Waals surface area contributed by atoms with E-state index in [2.05, 4.69) is 29.4 Å². The predicted molar refractivity (Wildman–Crippen MR) is 116 cm³/mol. The van der Waals surface area contributed by atoms with Gasteiger partial charge in [-0.15, -0.1) is 10.2 Å². The zero-order chi connectivity index (χ0) is 21.0. The Morgan fingerprint density at radius 1 is 1.31 bits per heavy atom. The third kappa shape index (κ3) is 5.04. The van der Waals surface area contributed by atoms with Crippen molar-refractivity contribution in [3.8, 4) is 17.1 Å². The number of benzene rings is 1. The fourth-order valence-corrected chi connectivity index (χ4v) is 4.50. The summed E-state index contributed by atoms with van der Waals surface area (Å²) in [6, 6.07) is 7.79. The predicted octanol–water partition coefficient (Wildman–Crippen LogP) is 3.48. The zero-order valence-electron chi connectivity index (χ0n) is 17.6. The van der Waals surface area contributed by atoms with Crippen LogP contribution in [0.4, 0.5) is 0 Å². The highest BCUT2D eigenvalue weighted by atomic mass is 32.2. The van der Waals surface area contributed by atoms with Gasteiger partial charge in [-0.25, -0.2) is 4.68 Å². The van der Waals surface area contributed by atoms with E-state index < -0.39 is 0 Å². The van der Waals surface area contributed by atoms with Gasteiger partial charge in [0.15, 0.2) is 5.82 Å². The van der Waals surface area contributed by atoms with Gasteiger partial charge < -0.3 is 15.9 Å². The van der Waals surface area contributed by atoms with Gasteiger partial charge >= 0.3 is 0 Å². The summed E-state index contributed by atoms with van der Waals surface area (Å²) in [5.41, 5.74) is 0.845. The van der Waals surface area contributed by atoms with Crippen molar-refractivity contribution < 1.29 is 9.53 Å². The number of hydrogen-bond acceptors (Lipinski definition) is 6. The molecule has 7 nitrogen and oxygen atoms in total. The molecule has 1 aliphatic carbocycles. The largest absolute Gasteiger partial charge is 0.494 e. The monoisotopic (exact) mass is 417 g/mol. The summed E-state index contributed by atoms with van der Waals surface area (Å²) >= 11 is 1.32. The topological polar surface area (TPSA) is 95.1 Å². The second-order valence-corrected chi connectivity index (χ2v) is 9.08. The van der Waals surface area contributed by atoms with E-state index >= 15 is 0 Å². The van der Waals surface area contributed by atoms with E-state index in [9.17, 15) is 4.79 Å². The average molecular weight is 418 g/mol. The van der Waals surface area contributed by atoms with Crippen LogP contribution >= 0.6 is 11.8 Å². The lowest BCUT2D eigenvalue weighted by Crippen LogP contribution is -2.46. The summed E-state index contributed by atoms with van der Waals surface area (Å²) in [6.07, 6.45) is 3.45. The highest BCUT2D eigenvalue weighted by Gasteiger charge is 2.30. The van der Waals surface area contributed by atoms with Gasteiger partial charge in [0, 0.05) is 11.6 Å². The number of nitrogen functional groups attached to an aromatic ring is 1. The number of carbonyl (C=O) groups is 1. The first-order chi connectivity index (χ1) is 13.9. The van der Waals surface area contributed by atoms with Crippen LogP contribution in [0.2, 0.25) is 0 Å². The van der Waals surface area contributed by atoms with Crippen LogP contribution in [0.15, 0.2) is 29.4 Å². The van der Waals surface area contributed by atoms with Crippen molar-refractivity contribution in [3.05, 3.63) is 24.3 Å². The molecule has 4 atom stereocenters. The number of nitrogens with two attached hydrogens (primary N) is 1. The molecule has 0 bridgehead atoms. The Morgan fingerprint density at radius 3 is 2.72 bits per heavy atom. The molecule has 0 radical (unpaired) electrons. The molecule has 1 aromatic carbocycles. The van der Waals surface area contributed by atoms with Crippen molar-refractivity contribution in [1.29, 1.82) is 0 Å². The molecule has 3 N–H and O–H groups in total. The standard InChI is InChI=1S/C21H31N5O2S/c1-5-28-17-11-9-16(10-12-17)19-24-25-21(26(19)22)29-15(4)20(27)23-18-8-6-7-13(2)14(18)3/h9-15,18H,5-8,22H2,1-4H3,(H,23,27)/t13-,14-,15+,18-/m0/s1. The second-order valence-electron chi connectivity index (χ2n) is 7.78. The molecule has 0 aliphatic heterocycles. The van der Waals surface area contributed by atoms with E-state index in [0.717, 1.165) is 17.7 Å². The third-order valence-electron chi connectivity index (χ3n) is 5.77. The van der Waals surface area contributed by atoms with Gasteiger partial charge in [-0.2, -0.15) is 0 Å². The van der Waals surface area contributed by atoms with Crippen molar-refractivity contribution in [1.82, 2.24) is 20.2 Å². The van der Waals surface area contributed by atoms with Crippen LogP contribution < -0.4 is 15.9 Å². The third-order valence-corrected chi connectivity index (χ3v) is 6.83. The van der Waals surface area contributed by atoms with Gasteiger partial charge in [0.1, 0.15) is 5.75 Å². The van der Waals surface area contributed by atoms with E-state index in [1.807, 2.05) is 38.1 Å². The molecule has 1 aromatic heterocycles. The Labute approximate surface area is 176 Å². The maximum absolute atomic E-state index is 12.7. The molecule has 29 heavy (non-hydrogen) atoms. The van der Waals surface area contributed by atoms with Crippen LogP contribution in [-0.2, 0) is 4.79 Å². The summed E-state index contributed by atoms with van der Waals surface area (Å²) < 4.78 is 6.90. The number of hydrogen-bond donors (Lipinski definition) is 2.